The van der Waals surface area contributed by atoms with Gasteiger partial charge in [-0.05, 0) is 18.4 Å². The summed E-state index contributed by atoms with van der Waals surface area (Å²) in [5.74, 6) is -0.0200. The van der Waals surface area contributed by atoms with Crippen LogP contribution in [0.4, 0.5) is 0 Å². The van der Waals surface area contributed by atoms with Crippen molar-refractivity contribution in [2.24, 2.45) is 0 Å². The number of nitrogens with one attached hydrogen (secondary N) is 2. The number of nitrogens with zero attached hydrogens (tertiary/aromatic N) is 2. The van der Waals surface area contributed by atoms with Gasteiger partial charge in [-0.15, -0.1) is 0 Å². The van der Waals surface area contributed by atoms with Crippen molar-refractivity contribution in [3.05, 3.63) is 42.0 Å². The molecule has 2 saturated heterocycles. The van der Waals surface area contributed by atoms with E-state index >= 15 is 0 Å². The van der Waals surface area contributed by atoms with E-state index in [4.69, 9.17) is 0 Å². The first-order valence-corrected chi connectivity index (χ1v) is 10.4. The Kier molecular flexibility index (Phi) is 7.81. The molecule has 2 aliphatic heterocycles. The van der Waals surface area contributed by atoms with Crippen LogP contribution in [0.1, 0.15) is 31.2 Å². The molecule has 0 bridgehead atoms. The lowest BCUT2D eigenvalue weighted by atomic mass is 10.1. The maximum absolute atomic E-state index is 12.3. The van der Waals surface area contributed by atoms with Gasteiger partial charge in [0.25, 0.3) is 0 Å². The highest BCUT2D eigenvalue weighted by Crippen LogP contribution is 2.11. The summed E-state index contributed by atoms with van der Waals surface area (Å²) in [6.45, 7) is 3.96. The van der Waals surface area contributed by atoms with Gasteiger partial charge in [0.15, 0.2) is 0 Å². The third-order valence-corrected chi connectivity index (χ3v) is 5.37. The van der Waals surface area contributed by atoms with Crippen LogP contribution in [0.2, 0.25) is 0 Å². The molecule has 0 saturated carbocycles. The Morgan fingerprint density at radius 1 is 1.21 bits per heavy atom. The summed E-state index contributed by atoms with van der Waals surface area (Å²) in [4.78, 5) is 40.1. The predicted molar refractivity (Wildman–Crippen MR) is 112 cm³/mol. The Morgan fingerprint density at radius 3 is 2.79 bits per heavy atom. The second-order valence-corrected chi connectivity index (χ2v) is 7.51. The monoisotopic (exact) mass is 398 g/mol. The molecule has 2 N–H and O–H groups in total. The number of likely N-dealkylation sites (tertiary alicyclic amines) is 1. The van der Waals surface area contributed by atoms with Crippen molar-refractivity contribution < 1.29 is 14.4 Å². The number of carbonyl (C=O) groups excluding carboxylic acids is 3. The van der Waals surface area contributed by atoms with Gasteiger partial charge in [-0.2, -0.15) is 0 Å². The molecule has 1 atom stereocenters. The Morgan fingerprint density at radius 2 is 2.03 bits per heavy atom. The molecular weight excluding hydrogens is 368 g/mol. The lowest BCUT2D eigenvalue weighted by Gasteiger charge is -2.33. The van der Waals surface area contributed by atoms with E-state index in [9.17, 15) is 14.4 Å². The zero-order valence-corrected chi connectivity index (χ0v) is 16.8. The zero-order chi connectivity index (χ0) is 20.5. The number of piperazine rings is 1. The van der Waals surface area contributed by atoms with Gasteiger partial charge in [0.2, 0.25) is 17.7 Å². The SMILES string of the molecule is O=C(CC1C(=O)NCCN1C/C=C/c1ccccc1)NCCCN1CCCC1=O. The molecule has 2 aliphatic rings. The van der Waals surface area contributed by atoms with Gasteiger partial charge in [0.1, 0.15) is 0 Å². The fourth-order valence-electron chi connectivity index (χ4n) is 3.78. The fraction of sp³-hybridized carbons (Fsp3) is 0.500. The van der Waals surface area contributed by atoms with Crippen LogP contribution in [0, 0.1) is 0 Å². The first-order chi connectivity index (χ1) is 14.1. The van der Waals surface area contributed by atoms with Crippen molar-refractivity contribution in [1.82, 2.24) is 20.4 Å². The van der Waals surface area contributed by atoms with Gasteiger partial charge in [-0.25, -0.2) is 0 Å². The molecule has 29 heavy (non-hydrogen) atoms. The van der Waals surface area contributed by atoms with Crippen molar-refractivity contribution in [1.29, 1.82) is 0 Å². The zero-order valence-electron chi connectivity index (χ0n) is 16.8. The lowest BCUT2D eigenvalue weighted by Crippen LogP contribution is -2.56. The highest BCUT2D eigenvalue weighted by atomic mass is 16.2. The molecule has 0 radical (unpaired) electrons. The maximum Gasteiger partial charge on any atom is 0.237 e. The molecule has 2 fully saturated rings. The van der Waals surface area contributed by atoms with E-state index in [1.54, 1.807) is 0 Å². The number of benzene rings is 1. The van der Waals surface area contributed by atoms with E-state index in [-0.39, 0.29) is 24.1 Å². The minimum atomic E-state index is -0.454. The fourth-order valence-corrected chi connectivity index (χ4v) is 3.78. The largest absolute Gasteiger partial charge is 0.356 e. The second-order valence-electron chi connectivity index (χ2n) is 7.51. The van der Waals surface area contributed by atoms with Crippen molar-refractivity contribution >= 4 is 23.8 Å². The van der Waals surface area contributed by atoms with Crippen LogP contribution in [0.15, 0.2) is 36.4 Å². The minimum Gasteiger partial charge on any atom is -0.356 e. The van der Waals surface area contributed by atoms with E-state index in [2.05, 4.69) is 10.6 Å². The van der Waals surface area contributed by atoms with Gasteiger partial charge >= 0.3 is 0 Å². The first-order valence-electron chi connectivity index (χ1n) is 10.4. The average Bonchev–Trinajstić information content (AvgIpc) is 3.13. The summed E-state index contributed by atoms with van der Waals surface area (Å²) in [5, 5.41) is 5.75. The van der Waals surface area contributed by atoms with E-state index < -0.39 is 6.04 Å². The number of carbonyl (C=O) groups is 3. The maximum atomic E-state index is 12.3. The molecule has 1 aromatic carbocycles. The van der Waals surface area contributed by atoms with Crippen LogP contribution in [0.5, 0.6) is 0 Å². The molecule has 3 amide bonds. The van der Waals surface area contributed by atoms with Crippen LogP contribution >= 0.6 is 0 Å². The molecule has 156 valence electrons. The highest BCUT2D eigenvalue weighted by Gasteiger charge is 2.30. The summed E-state index contributed by atoms with van der Waals surface area (Å²) in [5.41, 5.74) is 1.11. The lowest BCUT2D eigenvalue weighted by molar-refractivity contribution is -0.133. The Labute approximate surface area is 172 Å². The molecule has 7 heteroatoms. The van der Waals surface area contributed by atoms with Gasteiger partial charge in [0.05, 0.1) is 12.5 Å². The predicted octanol–water partition coefficient (Wildman–Crippen LogP) is 1.02. The summed E-state index contributed by atoms with van der Waals surface area (Å²) in [6, 6.07) is 9.55. The molecule has 3 rings (SSSR count). The average molecular weight is 399 g/mol. The van der Waals surface area contributed by atoms with E-state index in [0.29, 0.717) is 32.6 Å². The van der Waals surface area contributed by atoms with Gasteiger partial charge in [-0.3, -0.25) is 19.3 Å². The normalized spacial score (nSPS) is 20.3. The summed E-state index contributed by atoms with van der Waals surface area (Å²) < 4.78 is 0. The van der Waals surface area contributed by atoms with E-state index in [0.717, 1.165) is 31.5 Å². The van der Waals surface area contributed by atoms with E-state index in [1.165, 1.54) is 0 Å². The molecule has 0 spiro atoms. The van der Waals surface area contributed by atoms with Crippen molar-refractivity contribution in [2.45, 2.75) is 31.7 Å². The molecule has 7 nitrogen and oxygen atoms in total. The van der Waals surface area contributed by atoms with E-state index in [1.807, 2.05) is 52.3 Å². The van der Waals surface area contributed by atoms with Crippen molar-refractivity contribution in [2.75, 3.05) is 39.3 Å². The Bertz CT molecular complexity index is 735. The minimum absolute atomic E-state index is 0.0952. The molecule has 0 aliphatic carbocycles. The Balaban J connectivity index is 1.43. The number of amides is 3. The number of hydrogen-bond acceptors (Lipinski definition) is 4. The van der Waals surface area contributed by atoms with Crippen molar-refractivity contribution in [3.8, 4) is 0 Å². The molecule has 0 aromatic heterocycles. The number of rotatable bonds is 9. The molecule has 1 unspecified atom stereocenters. The van der Waals surface area contributed by atoms with Crippen LogP contribution < -0.4 is 10.6 Å². The quantitative estimate of drug-likeness (QED) is 0.609. The van der Waals surface area contributed by atoms with Crippen molar-refractivity contribution in [3.63, 3.8) is 0 Å². The summed E-state index contributed by atoms with van der Waals surface area (Å²) in [6.07, 6.45) is 6.51. The highest BCUT2D eigenvalue weighted by molar-refractivity contribution is 5.88. The summed E-state index contributed by atoms with van der Waals surface area (Å²) in [7, 11) is 0. The third kappa shape index (κ3) is 6.42. The first kappa shape index (κ1) is 21.0. The van der Waals surface area contributed by atoms with Gasteiger partial charge < -0.3 is 15.5 Å². The van der Waals surface area contributed by atoms with Crippen LogP contribution in [-0.2, 0) is 14.4 Å². The summed E-state index contributed by atoms with van der Waals surface area (Å²) >= 11 is 0. The van der Waals surface area contributed by atoms with Crippen LogP contribution in [-0.4, -0.2) is 72.8 Å². The van der Waals surface area contributed by atoms with Gasteiger partial charge in [-0.1, -0.05) is 42.5 Å². The smallest absolute Gasteiger partial charge is 0.237 e. The topological polar surface area (TPSA) is 81.8 Å². The number of hydrogen-bond donors (Lipinski definition) is 2. The van der Waals surface area contributed by atoms with Gasteiger partial charge in [0, 0.05) is 45.7 Å². The molecule has 2 heterocycles. The second kappa shape index (κ2) is 10.8. The third-order valence-electron chi connectivity index (χ3n) is 5.37. The molecular formula is C22H30N4O3. The van der Waals surface area contributed by atoms with Crippen LogP contribution in [0.3, 0.4) is 0 Å². The van der Waals surface area contributed by atoms with Crippen LogP contribution in [0.25, 0.3) is 6.08 Å². The Hall–Kier alpha value is -2.67. The standard InChI is InChI=1S/C22H30N4O3/c27-20(23-11-6-15-26-14-5-10-21(26)28)17-19-22(29)24-12-16-25(19)13-4-9-18-7-2-1-3-8-18/h1-4,7-9,19H,5-6,10-17H2,(H,23,27)(H,24,29)/b9-4+. The molecule has 1 aromatic rings.